The molecule has 0 aromatic rings. The van der Waals surface area contributed by atoms with Crippen molar-refractivity contribution in [2.24, 2.45) is 5.92 Å². The van der Waals surface area contributed by atoms with Gasteiger partial charge in [0.05, 0.1) is 0 Å². The van der Waals surface area contributed by atoms with Crippen molar-refractivity contribution in [2.75, 3.05) is 7.05 Å². The lowest BCUT2D eigenvalue weighted by atomic mass is 9.78. The summed E-state index contributed by atoms with van der Waals surface area (Å²) in [4.78, 5) is 24.7. The van der Waals surface area contributed by atoms with Crippen LogP contribution in [0.15, 0.2) is 0 Å². The van der Waals surface area contributed by atoms with E-state index in [2.05, 4.69) is 10.6 Å². The Bertz CT molecular complexity index is 437. The molecule has 3 atom stereocenters. The maximum Gasteiger partial charge on any atom is 0.254 e. The zero-order valence-corrected chi connectivity index (χ0v) is 12.5. The number of hydrogen-bond donors (Lipinski definition) is 3. The molecule has 20 heavy (non-hydrogen) atoms. The third-order valence-electron chi connectivity index (χ3n) is 4.39. The number of nitrogens with one attached hydrogen (secondary N) is 3. The summed E-state index contributed by atoms with van der Waals surface area (Å²) in [6, 6.07) is 0.225. The van der Waals surface area contributed by atoms with E-state index in [1.54, 1.807) is 14.0 Å². The van der Waals surface area contributed by atoms with Crippen LogP contribution in [0.3, 0.4) is 0 Å². The zero-order chi connectivity index (χ0) is 14.9. The van der Waals surface area contributed by atoms with Gasteiger partial charge in [-0.1, -0.05) is 12.8 Å². The van der Waals surface area contributed by atoms with Gasteiger partial charge in [0.2, 0.25) is 5.91 Å². The van der Waals surface area contributed by atoms with Crippen LogP contribution in [0.1, 0.15) is 46.0 Å². The van der Waals surface area contributed by atoms with Crippen LogP contribution in [0.2, 0.25) is 0 Å². The van der Waals surface area contributed by atoms with Gasteiger partial charge < -0.3 is 10.6 Å². The average molecular weight is 280 g/mol. The van der Waals surface area contributed by atoms with Crippen LogP contribution in [0.25, 0.3) is 0 Å². The van der Waals surface area contributed by atoms with E-state index in [1.807, 2.05) is 6.92 Å². The van der Waals surface area contributed by atoms with Gasteiger partial charge in [0.1, 0.15) is 5.54 Å². The quantitative estimate of drug-likeness (QED) is 0.715. The number of carbonyl (C=O) groups is 2. The fourth-order valence-corrected chi connectivity index (χ4v) is 3.48. The van der Waals surface area contributed by atoms with E-state index in [1.165, 1.54) is 4.90 Å². The van der Waals surface area contributed by atoms with E-state index in [9.17, 15) is 9.59 Å². The molecular weight excluding hydrogens is 256 g/mol. The van der Waals surface area contributed by atoms with Crippen LogP contribution in [0.5, 0.6) is 0 Å². The van der Waals surface area contributed by atoms with Crippen molar-refractivity contribution in [1.82, 2.24) is 15.5 Å². The first-order valence-electron chi connectivity index (χ1n) is 7.24. The van der Waals surface area contributed by atoms with Crippen LogP contribution in [0, 0.1) is 11.3 Å². The summed E-state index contributed by atoms with van der Waals surface area (Å²) < 4.78 is 0. The highest BCUT2D eigenvalue weighted by molar-refractivity contribution is 6.07. The standard InChI is InChI=1S/C14H24N4O2/c1-9(19)16-11-6-4-5-10(7-11)8-14(2)12(20)18(3)13(15)17-14/h10-11H,4-8H2,1-3H3,(H2,15,17)(H,16,19)/t10-,11+,14+/m0/s1. The molecule has 2 fully saturated rings. The van der Waals surface area contributed by atoms with Gasteiger partial charge in [0.25, 0.3) is 5.91 Å². The molecule has 1 saturated carbocycles. The van der Waals surface area contributed by atoms with E-state index in [-0.39, 0.29) is 23.8 Å². The monoisotopic (exact) mass is 280 g/mol. The fourth-order valence-electron chi connectivity index (χ4n) is 3.48. The van der Waals surface area contributed by atoms with Crippen molar-refractivity contribution in [3.05, 3.63) is 0 Å². The summed E-state index contributed by atoms with van der Waals surface area (Å²) >= 11 is 0. The lowest BCUT2D eigenvalue weighted by Gasteiger charge is -2.33. The van der Waals surface area contributed by atoms with Gasteiger partial charge in [-0.2, -0.15) is 0 Å². The highest BCUT2D eigenvalue weighted by atomic mass is 16.2. The Morgan fingerprint density at radius 1 is 1.55 bits per heavy atom. The molecule has 0 unspecified atom stereocenters. The minimum absolute atomic E-state index is 0.0124. The van der Waals surface area contributed by atoms with Gasteiger partial charge in [-0.25, -0.2) is 0 Å². The Balaban J connectivity index is 1.97. The van der Waals surface area contributed by atoms with Gasteiger partial charge in [-0.3, -0.25) is 19.9 Å². The molecule has 0 bridgehead atoms. The predicted molar refractivity (Wildman–Crippen MR) is 76.2 cm³/mol. The number of rotatable bonds is 3. The minimum Gasteiger partial charge on any atom is -0.354 e. The maximum absolute atomic E-state index is 12.2. The van der Waals surface area contributed by atoms with Gasteiger partial charge in [-0.15, -0.1) is 0 Å². The Hall–Kier alpha value is -1.59. The van der Waals surface area contributed by atoms with E-state index in [4.69, 9.17) is 5.41 Å². The molecule has 6 heteroatoms. The molecule has 1 aliphatic heterocycles. The molecule has 3 N–H and O–H groups in total. The van der Waals surface area contributed by atoms with Crippen molar-refractivity contribution >= 4 is 17.8 Å². The van der Waals surface area contributed by atoms with E-state index >= 15 is 0 Å². The first-order valence-corrected chi connectivity index (χ1v) is 7.24. The Labute approximate surface area is 119 Å². The Morgan fingerprint density at radius 3 is 2.80 bits per heavy atom. The Morgan fingerprint density at radius 2 is 2.25 bits per heavy atom. The molecule has 2 aliphatic rings. The summed E-state index contributed by atoms with van der Waals surface area (Å²) in [5.41, 5.74) is -0.672. The first-order chi connectivity index (χ1) is 9.32. The predicted octanol–water partition coefficient (Wildman–Crippen LogP) is 0.826. The number of likely N-dealkylation sites (N-methyl/N-ethyl adjacent to an activating group) is 1. The molecular formula is C14H24N4O2. The van der Waals surface area contributed by atoms with Crippen LogP contribution in [-0.2, 0) is 9.59 Å². The second kappa shape index (κ2) is 5.42. The fraction of sp³-hybridized carbons (Fsp3) is 0.786. The van der Waals surface area contributed by atoms with Gasteiger partial charge in [0, 0.05) is 20.0 Å². The molecule has 0 radical (unpaired) electrons. The third kappa shape index (κ3) is 2.94. The number of hydrogen-bond acceptors (Lipinski definition) is 3. The van der Waals surface area contributed by atoms with E-state index in [0.29, 0.717) is 12.3 Å². The third-order valence-corrected chi connectivity index (χ3v) is 4.39. The summed E-state index contributed by atoms with van der Waals surface area (Å²) in [6.45, 7) is 3.42. The van der Waals surface area contributed by atoms with Crippen LogP contribution in [-0.4, -0.2) is 41.3 Å². The smallest absolute Gasteiger partial charge is 0.254 e. The van der Waals surface area contributed by atoms with Crippen LogP contribution < -0.4 is 10.6 Å². The number of guanidine groups is 1. The molecule has 0 aromatic carbocycles. The molecule has 0 spiro atoms. The van der Waals surface area contributed by atoms with Crippen LogP contribution in [0.4, 0.5) is 0 Å². The summed E-state index contributed by atoms with van der Waals surface area (Å²) in [5, 5.41) is 13.7. The first kappa shape index (κ1) is 14.8. The second-order valence-corrected chi connectivity index (χ2v) is 6.30. The highest BCUT2D eigenvalue weighted by Crippen LogP contribution is 2.33. The average Bonchev–Trinajstić information content (AvgIpc) is 2.53. The van der Waals surface area contributed by atoms with Gasteiger partial charge in [0.15, 0.2) is 5.96 Å². The Kier molecular flexibility index (Phi) is 4.01. The summed E-state index contributed by atoms with van der Waals surface area (Å²) in [7, 11) is 1.63. The molecule has 0 aromatic heterocycles. The molecule has 6 nitrogen and oxygen atoms in total. The summed E-state index contributed by atoms with van der Waals surface area (Å²) in [6.07, 6.45) is 4.81. The normalized spacial score (nSPS) is 34.0. The topological polar surface area (TPSA) is 85.3 Å². The summed E-state index contributed by atoms with van der Waals surface area (Å²) in [5.74, 6) is 0.552. The molecule has 1 saturated heterocycles. The van der Waals surface area contributed by atoms with Crippen molar-refractivity contribution in [1.29, 1.82) is 5.41 Å². The lowest BCUT2D eigenvalue weighted by Crippen LogP contribution is -2.47. The van der Waals surface area contributed by atoms with Crippen molar-refractivity contribution in [2.45, 2.75) is 57.5 Å². The van der Waals surface area contributed by atoms with Crippen molar-refractivity contribution in [3.8, 4) is 0 Å². The lowest BCUT2D eigenvalue weighted by molar-refractivity contribution is -0.130. The largest absolute Gasteiger partial charge is 0.354 e. The number of nitrogens with zero attached hydrogens (tertiary/aromatic N) is 1. The maximum atomic E-state index is 12.2. The second-order valence-electron chi connectivity index (χ2n) is 6.30. The minimum atomic E-state index is -0.672. The van der Waals surface area contributed by atoms with Gasteiger partial charge >= 0.3 is 0 Å². The SMILES string of the molecule is CC(=O)N[C@@H]1CCC[C@H](C[C@@]2(C)NC(=N)N(C)C2=O)C1. The highest BCUT2D eigenvalue weighted by Gasteiger charge is 2.45. The molecule has 2 rings (SSSR count). The zero-order valence-electron chi connectivity index (χ0n) is 12.5. The van der Waals surface area contributed by atoms with Gasteiger partial charge in [-0.05, 0) is 32.1 Å². The van der Waals surface area contributed by atoms with E-state index in [0.717, 1.165) is 25.7 Å². The number of carbonyl (C=O) groups excluding carboxylic acids is 2. The molecule has 1 heterocycles. The molecule has 2 amide bonds. The molecule has 1 aliphatic carbocycles. The van der Waals surface area contributed by atoms with Crippen molar-refractivity contribution in [3.63, 3.8) is 0 Å². The van der Waals surface area contributed by atoms with E-state index < -0.39 is 5.54 Å². The number of amides is 2. The van der Waals surface area contributed by atoms with Crippen molar-refractivity contribution < 1.29 is 9.59 Å². The molecule has 112 valence electrons. The van der Waals surface area contributed by atoms with Crippen LogP contribution >= 0.6 is 0 Å².